The first-order valence-corrected chi connectivity index (χ1v) is 11.4. The molecule has 0 unspecified atom stereocenters. The average molecular weight is 407 g/mol. The second-order valence-electron chi connectivity index (χ2n) is 9.32. The Morgan fingerprint density at radius 1 is 1.36 bits per heavy atom. The van der Waals surface area contributed by atoms with Crippen LogP contribution < -0.4 is 0 Å². The Labute approximate surface area is 174 Å². The van der Waals surface area contributed by atoms with Crippen LogP contribution in [-0.4, -0.2) is 29.7 Å². The number of esters is 1. The standard InChI is InChI=1S/C24H35ClO3/c1-16-6-9-20(26)13-19(16)8-7-18-5-4-12-24(3)21(10-11-22(18)24)17(2)15-28-23(27)14-25/h7-8,17,20-22,26H,1,4-6,9-15H2,2-3H3/t17-,20+,21-,22+,24-/m1/s1. The van der Waals surface area contributed by atoms with E-state index in [9.17, 15) is 9.90 Å². The predicted octanol–water partition coefficient (Wildman–Crippen LogP) is 5.57. The van der Waals surface area contributed by atoms with Gasteiger partial charge in [0.05, 0.1) is 12.7 Å². The molecule has 0 aromatic carbocycles. The Morgan fingerprint density at radius 2 is 2.14 bits per heavy atom. The van der Waals surface area contributed by atoms with Gasteiger partial charge in [0.25, 0.3) is 0 Å². The summed E-state index contributed by atoms with van der Waals surface area (Å²) in [7, 11) is 0. The van der Waals surface area contributed by atoms with Crippen LogP contribution in [0, 0.1) is 23.2 Å². The third-order valence-electron chi connectivity index (χ3n) is 7.53. The first-order chi connectivity index (χ1) is 13.3. The largest absolute Gasteiger partial charge is 0.465 e. The Kier molecular flexibility index (Phi) is 7.09. The molecule has 3 aliphatic carbocycles. The number of fused-ring (bicyclic) bond motifs is 1. The quantitative estimate of drug-likeness (QED) is 0.479. The first kappa shape index (κ1) is 21.6. The molecule has 4 heteroatoms. The Bertz CT molecular complexity index is 665. The first-order valence-electron chi connectivity index (χ1n) is 10.8. The summed E-state index contributed by atoms with van der Waals surface area (Å²) in [6.45, 7) is 9.32. The Morgan fingerprint density at radius 3 is 2.89 bits per heavy atom. The molecule has 0 saturated heterocycles. The fraction of sp³-hybridized carbons (Fsp3) is 0.708. The second kappa shape index (κ2) is 9.17. The van der Waals surface area contributed by atoms with E-state index in [2.05, 4.69) is 32.6 Å². The molecule has 0 bridgehead atoms. The molecule has 0 aromatic rings. The minimum Gasteiger partial charge on any atom is -0.465 e. The van der Waals surface area contributed by atoms with Crippen molar-refractivity contribution in [3.63, 3.8) is 0 Å². The molecular formula is C24H35ClO3. The molecule has 3 fully saturated rings. The van der Waals surface area contributed by atoms with Gasteiger partial charge in [0.15, 0.2) is 0 Å². The SMILES string of the molecule is C=C1CC[C@H](O)CC1=CC=C1CCC[C@]2(C)[C@@H]([C@H](C)COC(=O)CCl)CC[C@@H]12. The molecule has 0 aromatic heterocycles. The van der Waals surface area contributed by atoms with E-state index in [-0.39, 0.29) is 23.4 Å². The summed E-state index contributed by atoms with van der Waals surface area (Å²) in [6, 6.07) is 0. The summed E-state index contributed by atoms with van der Waals surface area (Å²) in [5.74, 6) is 1.14. The van der Waals surface area contributed by atoms with Crippen molar-refractivity contribution in [2.24, 2.45) is 23.2 Å². The van der Waals surface area contributed by atoms with Gasteiger partial charge in [-0.1, -0.05) is 43.7 Å². The van der Waals surface area contributed by atoms with Crippen molar-refractivity contribution < 1.29 is 14.6 Å². The van der Waals surface area contributed by atoms with Crippen LogP contribution in [0.15, 0.2) is 35.5 Å². The number of ether oxygens (including phenoxy) is 1. The lowest BCUT2D eigenvalue weighted by molar-refractivity contribution is -0.142. The number of rotatable bonds is 5. The van der Waals surface area contributed by atoms with Gasteiger partial charge in [0.1, 0.15) is 5.88 Å². The summed E-state index contributed by atoms with van der Waals surface area (Å²) in [5.41, 5.74) is 4.23. The molecule has 0 aliphatic heterocycles. The maximum Gasteiger partial charge on any atom is 0.320 e. The number of alkyl halides is 1. The molecule has 0 amide bonds. The average Bonchev–Trinajstić information content (AvgIpc) is 3.04. The van der Waals surface area contributed by atoms with E-state index >= 15 is 0 Å². The third-order valence-corrected chi connectivity index (χ3v) is 7.75. The molecule has 0 radical (unpaired) electrons. The zero-order valence-electron chi connectivity index (χ0n) is 17.4. The van der Waals surface area contributed by atoms with E-state index in [0.717, 1.165) is 19.3 Å². The van der Waals surface area contributed by atoms with E-state index in [0.29, 0.717) is 24.4 Å². The number of carbonyl (C=O) groups is 1. The lowest BCUT2D eigenvalue weighted by atomic mass is 9.61. The van der Waals surface area contributed by atoms with Crippen LogP contribution in [0.3, 0.4) is 0 Å². The number of hydrogen-bond acceptors (Lipinski definition) is 3. The minimum atomic E-state index is -0.320. The van der Waals surface area contributed by atoms with Crippen LogP contribution in [0.5, 0.6) is 0 Å². The summed E-state index contributed by atoms with van der Waals surface area (Å²) in [4.78, 5) is 11.4. The van der Waals surface area contributed by atoms with Crippen molar-refractivity contribution in [3.05, 3.63) is 35.5 Å². The molecule has 3 aliphatic rings. The summed E-state index contributed by atoms with van der Waals surface area (Å²) < 4.78 is 5.34. The Balaban J connectivity index is 1.72. The second-order valence-corrected chi connectivity index (χ2v) is 9.59. The van der Waals surface area contributed by atoms with Crippen LogP contribution in [0.2, 0.25) is 0 Å². The lowest BCUT2D eigenvalue weighted by Gasteiger charge is -2.44. The highest BCUT2D eigenvalue weighted by Crippen LogP contribution is 2.59. The smallest absolute Gasteiger partial charge is 0.320 e. The van der Waals surface area contributed by atoms with E-state index in [4.69, 9.17) is 16.3 Å². The van der Waals surface area contributed by atoms with Crippen LogP contribution in [0.1, 0.15) is 65.2 Å². The van der Waals surface area contributed by atoms with Gasteiger partial charge in [-0.2, -0.15) is 0 Å². The molecule has 28 heavy (non-hydrogen) atoms. The third kappa shape index (κ3) is 4.57. The van der Waals surface area contributed by atoms with Crippen molar-refractivity contribution in [1.29, 1.82) is 0 Å². The molecule has 3 nitrogen and oxygen atoms in total. The minimum absolute atomic E-state index is 0.0706. The van der Waals surface area contributed by atoms with Crippen molar-refractivity contribution in [2.75, 3.05) is 12.5 Å². The lowest BCUT2D eigenvalue weighted by Crippen LogP contribution is -2.37. The molecule has 3 saturated carbocycles. The molecule has 156 valence electrons. The van der Waals surface area contributed by atoms with Gasteiger partial charge < -0.3 is 9.84 Å². The maximum absolute atomic E-state index is 11.4. The van der Waals surface area contributed by atoms with Gasteiger partial charge in [-0.15, -0.1) is 11.6 Å². The fourth-order valence-electron chi connectivity index (χ4n) is 5.99. The molecule has 3 rings (SSSR count). The fourth-order valence-corrected chi connectivity index (χ4v) is 6.07. The highest BCUT2D eigenvalue weighted by atomic mass is 35.5. The van der Waals surface area contributed by atoms with Gasteiger partial charge in [0, 0.05) is 0 Å². The number of halogens is 1. The summed E-state index contributed by atoms with van der Waals surface area (Å²) in [5, 5.41) is 9.98. The molecular weight excluding hydrogens is 372 g/mol. The van der Waals surface area contributed by atoms with Crippen LogP contribution in [-0.2, 0) is 9.53 Å². The zero-order valence-corrected chi connectivity index (χ0v) is 18.1. The summed E-state index contributed by atoms with van der Waals surface area (Å²) in [6.07, 6.45) is 12.8. The van der Waals surface area contributed by atoms with Gasteiger partial charge in [-0.05, 0) is 80.1 Å². The van der Waals surface area contributed by atoms with Gasteiger partial charge in [-0.25, -0.2) is 0 Å². The van der Waals surface area contributed by atoms with E-state index < -0.39 is 0 Å². The Hall–Kier alpha value is -1.06. The van der Waals surface area contributed by atoms with E-state index in [1.54, 1.807) is 5.57 Å². The number of aliphatic hydroxyl groups is 1. The molecule has 0 spiro atoms. The van der Waals surface area contributed by atoms with Crippen molar-refractivity contribution in [2.45, 2.75) is 71.3 Å². The summed E-state index contributed by atoms with van der Waals surface area (Å²) >= 11 is 5.56. The number of allylic oxidation sites excluding steroid dienone is 4. The van der Waals surface area contributed by atoms with Crippen LogP contribution in [0.4, 0.5) is 0 Å². The van der Waals surface area contributed by atoms with Gasteiger partial charge >= 0.3 is 5.97 Å². The van der Waals surface area contributed by atoms with E-state index in [1.807, 2.05) is 0 Å². The zero-order chi connectivity index (χ0) is 20.3. The molecule has 1 N–H and O–H groups in total. The normalized spacial score (nSPS) is 37.1. The number of hydrogen-bond donors (Lipinski definition) is 1. The predicted molar refractivity (Wildman–Crippen MR) is 114 cm³/mol. The topological polar surface area (TPSA) is 46.5 Å². The monoisotopic (exact) mass is 406 g/mol. The number of aliphatic hydroxyl groups excluding tert-OH is 1. The maximum atomic E-state index is 11.4. The molecule has 0 heterocycles. The molecule has 5 atom stereocenters. The number of carbonyl (C=O) groups excluding carboxylic acids is 1. The van der Waals surface area contributed by atoms with Crippen LogP contribution >= 0.6 is 11.6 Å². The highest BCUT2D eigenvalue weighted by Gasteiger charge is 2.50. The van der Waals surface area contributed by atoms with E-state index in [1.165, 1.54) is 43.3 Å². The van der Waals surface area contributed by atoms with Gasteiger partial charge in [0.2, 0.25) is 0 Å². The van der Waals surface area contributed by atoms with Crippen molar-refractivity contribution in [3.8, 4) is 0 Å². The van der Waals surface area contributed by atoms with Crippen molar-refractivity contribution >= 4 is 17.6 Å². The van der Waals surface area contributed by atoms with Gasteiger partial charge in [-0.3, -0.25) is 4.79 Å². The van der Waals surface area contributed by atoms with Crippen LogP contribution in [0.25, 0.3) is 0 Å². The van der Waals surface area contributed by atoms with Crippen molar-refractivity contribution in [1.82, 2.24) is 0 Å². The highest BCUT2D eigenvalue weighted by molar-refractivity contribution is 6.26.